The smallest absolute Gasteiger partial charge is 0.201 e. The molecule has 0 amide bonds. The number of ether oxygens (including phenoxy) is 2. The van der Waals surface area contributed by atoms with Gasteiger partial charge in [-0.1, -0.05) is 24.3 Å². The fraction of sp³-hybridized carbons (Fsp3) is 0.105. The van der Waals surface area contributed by atoms with Crippen LogP contribution in [0.25, 0.3) is 32.7 Å². The minimum atomic E-state index is -0.0877. The van der Waals surface area contributed by atoms with E-state index >= 15 is 0 Å². The van der Waals surface area contributed by atoms with Crippen molar-refractivity contribution >= 4 is 32.7 Å². The predicted octanol–water partition coefficient (Wildman–Crippen LogP) is 4.12. The first-order valence-corrected chi connectivity index (χ1v) is 7.24. The average molecular weight is 306 g/mol. The Morgan fingerprint density at radius 2 is 1.57 bits per heavy atom. The maximum Gasteiger partial charge on any atom is 0.201 e. The molecule has 23 heavy (non-hydrogen) atoms. The van der Waals surface area contributed by atoms with E-state index in [4.69, 9.17) is 13.9 Å². The van der Waals surface area contributed by atoms with Gasteiger partial charge in [-0.3, -0.25) is 4.79 Å². The third kappa shape index (κ3) is 1.88. The fourth-order valence-corrected chi connectivity index (χ4v) is 3.01. The number of methoxy groups -OCH3 is 2. The summed E-state index contributed by atoms with van der Waals surface area (Å²) >= 11 is 0. The molecule has 0 radical (unpaired) electrons. The Morgan fingerprint density at radius 1 is 0.826 bits per heavy atom. The summed E-state index contributed by atoms with van der Waals surface area (Å²) in [6.45, 7) is 0. The number of para-hydroxylation sites is 1. The van der Waals surface area contributed by atoms with E-state index in [1.807, 2.05) is 30.3 Å². The van der Waals surface area contributed by atoms with E-state index in [2.05, 4.69) is 0 Å². The summed E-state index contributed by atoms with van der Waals surface area (Å²) in [6, 6.07) is 14.7. The van der Waals surface area contributed by atoms with Gasteiger partial charge in [-0.05, 0) is 29.7 Å². The molecule has 114 valence electrons. The van der Waals surface area contributed by atoms with Gasteiger partial charge in [0.25, 0.3) is 0 Å². The third-order valence-corrected chi connectivity index (χ3v) is 4.07. The lowest BCUT2D eigenvalue weighted by Gasteiger charge is -2.10. The van der Waals surface area contributed by atoms with Crippen LogP contribution in [-0.2, 0) is 0 Å². The van der Waals surface area contributed by atoms with Crippen LogP contribution in [0.3, 0.4) is 0 Å². The normalized spacial score (nSPS) is 11.2. The second kappa shape index (κ2) is 5.02. The Bertz CT molecular complexity index is 1110. The van der Waals surface area contributed by atoms with E-state index in [9.17, 15) is 4.79 Å². The molecule has 4 nitrogen and oxygen atoms in total. The SMILES string of the molecule is COc1cccc2c(=O)c3c(ccc4cccc(OC)c43)oc12. The zero-order chi connectivity index (χ0) is 16.0. The van der Waals surface area contributed by atoms with Crippen molar-refractivity contribution < 1.29 is 13.9 Å². The Hall–Kier alpha value is -3.01. The average Bonchev–Trinajstić information content (AvgIpc) is 2.60. The van der Waals surface area contributed by atoms with Crippen LogP contribution in [0, 0.1) is 0 Å². The highest BCUT2D eigenvalue weighted by atomic mass is 16.5. The van der Waals surface area contributed by atoms with E-state index < -0.39 is 0 Å². The zero-order valence-electron chi connectivity index (χ0n) is 12.8. The van der Waals surface area contributed by atoms with Crippen LogP contribution in [0.4, 0.5) is 0 Å². The highest BCUT2D eigenvalue weighted by molar-refractivity contribution is 6.11. The van der Waals surface area contributed by atoms with Crippen LogP contribution < -0.4 is 14.9 Å². The van der Waals surface area contributed by atoms with Gasteiger partial charge < -0.3 is 13.9 Å². The van der Waals surface area contributed by atoms with E-state index in [0.717, 1.165) is 10.8 Å². The highest BCUT2D eigenvalue weighted by Crippen LogP contribution is 2.34. The van der Waals surface area contributed by atoms with Gasteiger partial charge in [0.2, 0.25) is 5.43 Å². The van der Waals surface area contributed by atoms with Crippen LogP contribution >= 0.6 is 0 Å². The van der Waals surface area contributed by atoms with Gasteiger partial charge in [-0.25, -0.2) is 0 Å². The number of hydrogen-bond donors (Lipinski definition) is 0. The summed E-state index contributed by atoms with van der Waals surface area (Å²) in [6.07, 6.45) is 0. The minimum Gasteiger partial charge on any atom is -0.496 e. The molecule has 0 fully saturated rings. The standard InChI is InChI=1S/C19H14O4/c1-21-13-7-3-5-11-9-10-14-17(16(11)13)18(20)12-6-4-8-15(22-2)19(12)23-14/h3-10H,1-2H3. The first-order valence-electron chi connectivity index (χ1n) is 7.24. The second-order valence-electron chi connectivity index (χ2n) is 5.27. The molecule has 4 aromatic rings. The highest BCUT2D eigenvalue weighted by Gasteiger charge is 2.15. The Morgan fingerprint density at radius 3 is 2.35 bits per heavy atom. The van der Waals surface area contributed by atoms with Crippen molar-refractivity contribution in [2.75, 3.05) is 14.2 Å². The van der Waals surface area contributed by atoms with Crippen LogP contribution in [0.15, 0.2) is 57.7 Å². The molecule has 4 rings (SSSR count). The Kier molecular flexibility index (Phi) is 2.98. The molecule has 0 aliphatic rings. The topological polar surface area (TPSA) is 48.7 Å². The molecule has 4 heteroatoms. The van der Waals surface area contributed by atoms with Crippen molar-refractivity contribution in [3.63, 3.8) is 0 Å². The summed E-state index contributed by atoms with van der Waals surface area (Å²) < 4.78 is 16.7. The molecule has 0 aliphatic heterocycles. The molecule has 0 atom stereocenters. The lowest BCUT2D eigenvalue weighted by molar-refractivity contribution is 0.411. The van der Waals surface area contributed by atoms with Crippen LogP contribution in [0.5, 0.6) is 11.5 Å². The van der Waals surface area contributed by atoms with Crippen molar-refractivity contribution in [1.82, 2.24) is 0 Å². The summed E-state index contributed by atoms with van der Waals surface area (Å²) in [7, 11) is 3.15. The van der Waals surface area contributed by atoms with Gasteiger partial charge in [-0.2, -0.15) is 0 Å². The fourth-order valence-electron chi connectivity index (χ4n) is 3.01. The van der Waals surface area contributed by atoms with Gasteiger partial charge in [0.05, 0.1) is 25.0 Å². The summed E-state index contributed by atoms with van der Waals surface area (Å²) in [4.78, 5) is 13.1. The van der Waals surface area contributed by atoms with Crippen LogP contribution in [-0.4, -0.2) is 14.2 Å². The van der Waals surface area contributed by atoms with Gasteiger partial charge >= 0.3 is 0 Å². The van der Waals surface area contributed by atoms with Crippen LogP contribution in [0.1, 0.15) is 0 Å². The Balaban J connectivity index is 2.30. The first-order chi connectivity index (χ1) is 11.2. The van der Waals surface area contributed by atoms with Crippen molar-refractivity contribution in [2.24, 2.45) is 0 Å². The van der Waals surface area contributed by atoms with Crippen molar-refractivity contribution in [3.05, 3.63) is 58.8 Å². The van der Waals surface area contributed by atoms with E-state index in [1.165, 1.54) is 0 Å². The molecule has 0 bridgehead atoms. The molecule has 0 N–H and O–H groups in total. The van der Waals surface area contributed by atoms with E-state index in [-0.39, 0.29) is 5.43 Å². The van der Waals surface area contributed by atoms with Crippen molar-refractivity contribution in [1.29, 1.82) is 0 Å². The second-order valence-corrected chi connectivity index (χ2v) is 5.27. The first kappa shape index (κ1) is 13.6. The molecular formula is C19H14O4. The lowest BCUT2D eigenvalue weighted by atomic mass is 10.0. The molecule has 0 unspecified atom stereocenters. The number of hydrogen-bond acceptors (Lipinski definition) is 4. The monoisotopic (exact) mass is 306 g/mol. The molecule has 3 aromatic carbocycles. The summed E-state index contributed by atoms with van der Waals surface area (Å²) in [5.74, 6) is 1.20. The molecule has 0 saturated heterocycles. The molecule has 1 aromatic heterocycles. The van der Waals surface area contributed by atoms with Crippen molar-refractivity contribution in [3.8, 4) is 11.5 Å². The Labute approximate surface area is 131 Å². The predicted molar refractivity (Wildman–Crippen MR) is 90.6 cm³/mol. The number of rotatable bonds is 2. The lowest BCUT2D eigenvalue weighted by Crippen LogP contribution is -2.04. The van der Waals surface area contributed by atoms with Gasteiger partial charge in [0.15, 0.2) is 11.3 Å². The van der Waals surface area contributed by atoms with E-state index in [1.54, 1.807) is 32.4 Å². The summed E-state index contributed by atoms with van der Waals surface area (Å²) in [5.41, 5.74) is 0.890. The number of benzene rings is 3. The van der Waals surface area contributed by atoms with Gasteiger partial charge in [0, 0.05) is 5.39 Å². The number of fused-ring (bicyclic) bond motifs is 4. The molecular weight excluding hydrogens is 292 g/mol. The third-order valence-electron chi connectivity index (χ3n) is 4.07. The van der Waals surface area contributed by atoms with Gasteiger partial charge in [-0.15, -0.1) is 0 Å². The van der Waals surface area contributed by atoms with Crippen LogP contribution in [0.2, 0.25) is 0 Å². The maximum atomic E-state index is 13.1. The minimum absolute atomic E-state index is 0.0877. The molecule has 0 aliphatic carbocycles. The summed E-state index contributed by atoms with van der Waals surface area (Å²) in [5, 5.41) is 2.73. The van der Waals surface area contributed by atoms with E-state index in [0.29, 0.717) is 33.4 Å². The molecule has 0 spiro atoms. The molecule has 0 saturated carbocycles. The van der Waals surface area contributed by atoms with Crippen molar-refractivity contribution in [2.45, 2.75) is 0 Å². The van der Waals surface area contributed by atoms with Gasteiger partial charge in [0.1, 0.15) is 11.3 Å². The molecule has 1 heterocycles. The quantitative estimate of drug-likeness (QED) is 0.413. The zero-order valence-corrected chi connectivity index (χ0v) is 12.8. The maximum absolute atomic E-state index is 13.1. The largest absolute Gasteiger partial charge is 0.496 e.